The van der Waals surface area contributed by atoms with Gasteiger partial charge in [0.25, 0.3) is 0 Å². The van der Waals surface area contributed by atoms with Crippen LogP contribution in [-0.2, 0) is 0 Å². The van der Waals surface area contributed by atoms with E-state index in [-0.39, 0.29) is 18.7 Å². The van der Waals surface area contributed by atoms with Gasteiger partial charge in [-0.25, -0.2) is 0 Å². The van der Waals surface area contributed by atoms with Crippen molar-refractivity contribution in [1.82, 2.24) is 15.2 Å². The summed E-state index contributed by atoms with van der Waals surface area (Å²) in [6.45, 7) is 0.889. The maximum Gasteiger partial charge on any atom is 0.170 e. The fourth-order valence-electron chi connectivity index (χ4n) is 2.68. The zero-order valence-corrected chi connectivity index (χ0v) is 15.0. The van der Waals surface area contributed by atoms with Crippen molar-refractivity contribution in [1.29, 1.82) is 0 Å². The Bertz CT molecular complexity index is 649. The maximum absolute atomic E-state index is 9.15. The van der Waals surface area contributed by atoms with Gasteiger partial charge in [-0.05, 0) is 58.8 Å². The molecule has 116 valence electrons. The van der Waals surface area contributed by atoms with Crippen LogP contribution in [0.1, 0.15) is 29.1 Å². The lowest BCUT2D eigenvalue weighted by molar-refractivity contribution is 0.249. The number of halogens is 1. The van der Waals surface area contributed by atoms with E-state index < -0.39 is 0 Å². The fourth-order valence-corrected chi connectivity index (χ4v) is 4.59. The standard InChI is InChI=1S/C15H16BrN3OS2/c16-12-6-5-11(22-12)14-13(10-4-1-2-7-17-10)18-15(21)19(14)8-3-9-20/h1-2,4-7,13-14,20H,3,8-9H2,(H,18,21)/t13-,14-/m0/s1. The number of nitrogens with zero attached hydrogens (tertiary/aromatic N) is 2. The van der Waals surface area contributed by atoms with E-state index in [1.54, 1.807) is 17.5 Å². The van der Waals surface area contributed by atoms with Crippen LogP contribution in [0.15, 0.2) is 40.3 Å². The first-order chi connectivity index (χ1) is 10.7. The molecule has 0 spiro atoms. The van der Waals surface area contributed by atoms with E-state index in [0.29, 0.717) is 6.42 Å². The van der Waals surface area contributed by atoms with Gasteiger partial charge < -0.3 is 15.3 Å². The number of aliphatic hydroxyl groups is 1. The van der Waals surface area contributed by atoms with Crippen molar-refractivity contribution in [3.8, 4) is 0 Å². The Morgan fingerprint density at radius 1 is 1.36 bits per heavy atom. The van der Waals surface area contributed by atoms with Crippen molar-refractivity contribution in [3.05, 3.63) is 50.9 Å². The Morgan fingerprint density at radius 3 is 2.86 bits per heavy atom. The fraction of sp³-hybridized carbons (Fsp3) is 0.333. The highest BCUT2D eigenvalue weighted by atomic mass is 79.9. The third-order valence-corrected chi connectivity index (χ3v) is 5.69. The molecular weight excluding hydrogens is 382 g/mol. The number of nitrogens with one attached hydrogen (secondary N) is 1. The predicted octanol–water partition coefficient (Wildman–Crippen LogP) is 3.26. The van der Waals surface area contributed by atoms with Gasteiger partial charge >= 0.3 is 0 Å². The van der Waals surface area contributed by atoms with Gasteiger partial charge in [0, 0.05) is 24.2 Å². The molecular formula is C15H16BrN3OS2. The van der Waals surface area contributed by atoms with E-state index in [4.69, 9.17) is 17.3 Å². The molecule has 2 N–H and O–H groups in total. The summed E-state index contributed by atoms with van der Waals surface area (Å²) < 4.78 is 1.10. The minimum atomic E-state index is 0.0259. The lowest BCUT2D eigenvalue weighted by Gasteiger charge is -2.26. The van der Waals surface area contributed by atoms with E-state index >= 15 is 0 Å². The maximum atomic E-state index is 9.15. The van der Waals surface area contributed by atoms with Gasteiger partial charge in [-0.1, -0.05) is 6.07 Å². The SMILES string of the molecule is OCCCN1C(=S)N[C@@H](c2ccccn2)[C@@H]1c1ccc(Br)s1. The number of thiocarbonyl (C=S) groups is 1. The van der Waals surface area contributed by atoms with Gasteiger partial charge in [-0.2, -0.15) is 0 Å². The first-order valence-corrected chi connectivity index (χ1v) is 9.06. The summed E-state index contributed by atoms with van der Waals surface area (Å²) in [6.07, 6.45) is 2.50. The summed E-state index contributed by atoms with van der Waals surface area (Å²) in [7, 11) is 0. The number of aromatic nitrogens is 1. The Kier molecular flexibility index (Phi) is 5.07. The Balaban J connectivity index is 1.96. The molecule has 0 aromatic carbocycles. The molecule has 1 fully saturated rings. The highest BCUT2D eigenvalue weighted by Gasteiger charge is 2.40. The molecule has 0 radical (unpaired) electrons. The average Bonchev–Trinajstić information content (AvgIpc) is 3.09. The highest BCUT2D eigenvalue weighted by molar-refractivity contribution is 9.11. The normalized spacial score (nSPS) is 21.2. The zero-order chi connectivity index (χ0) is 15.5. The first-order valence-electron chi connectivity index (χ1n) is 7.05. The van der Waals surface area contributed by atoms with Crippen molar-refractivity contribution in [2.45, 2.75) is 18.5 Å². The molecule has 0 bridgehead atoms. The molecule has 1 aliphatic rings. The molecule has 2 aromatic rings. The minimum Gasteiger partial charge on any atom is -0.396 e. The van der Waals surface area contributed by atoms with Gasteiger partial charge in [-0.3, -0.25) is 4.98 Å². The molecule has 0 amide bonds. The number of hydrogen-bond acceptors (Lipinski definition) is 4. The summed E-state index contributed by atoms with van der Waals surface area (Å²) in [5.41, 5.74) is 0.978. The quantitative estimate of drug-likeness (QED) is 0.758. The second-order valence-electron chi connectivity index (χ2n) is 5.04. The lowest BCUT2D eigenvalue weighted by atomic mass is 10.0. The molecule has 22 heavy (non-hydrogen) atoms. The summed E-state index contributed by atoms with van der Waals surface area (Å²) in [5.74, 6) is 0. The molecule has 1 aliphatic heterocycles. The molecule has 7 heteroatoms. The molecule has 0 saturated carbocycles. The Labute approximate surface area is 147 Å². The molecule has 4 nitrogen and oxygen atoms in total. The van der Waals surface area contributed by atoms with Crippen LogP contribution in [0.5, 0.6) is 0 Å². The molecule has 3 rings (SSSR count). The van der Waals surface area contributed by atoms with Crippen LogP contribution in [0, 0.1) is 0 Å². The van der Waals surface area contributed by atoms with Crippen LogP contribution < -0.4 is 5.32 Å². The molecule has 0 aliphatic carbocycles. The Hall–Kier alpha value is -1.02. The minimum absolute atomic E-state index is 0.0259. The van der Waals surface area contributed by atoms with Gasteiger partial charge in [-0.15, -0.1) is 11.3 Å². The highest BCUT2D eigenvalue weighted by Crippen LogP contribution is 2.42. The molecule has 0 unspecified atom stereocenters. The third kappa shape index (κ3) is 3.17. The monoisotopic (exact) mass is 397 g/mol. The molecule has 3 heterocycles. The smallest absolute Gasteiger partial charge is 0.170 e. The number of hydrogen-bond donors (Lipinski definition) is 2. The van der Waals surface area contributed by atoms with Crippen LogP contribution in [0.2, 0.25) is 0 Å². The van der Waals surface area contributed by atoms with Gasteiger partial charge in [0.1, 0.15) is 0 Å². The van der Waals surface area contributed by atoms with Crippen molar-refractivity contribution in [2.24, 2.45) is 0 Å². The van der Waals surface area contributed by atoms with E-state index in [1.165, 1.54) is 4.88 Å². The predicted molar refractivity (Wildman–Crippen MR) is 95.9 cm³/mol. The average molecular weight is 398 g/mol. The van der Waals surface area contributed by atoms with E-state index in [1.807, 2.05) is 18.2 Å². The molecule has 2 atom stereocenters. The Morgan fingerprint density at radius 2 is 2.23 bits per heavy atom. The largest absolute Gasteiger partial charge is 0.396 e. The summed E-state index contributed by atoms with van der Waals surface area (Å²) in [4.78, 5) is 7.87. The van der Waals surface area contributed by atoms with Crippen LogP contribution in [0.25, 0.3) is 0 Å². The van der Waals surface area contributed by atoms with Crippen molar-refractivity contribution < 1.29 is 5.11 Å². The second-order valence-corrected chi connectivity index (χ2v) is 7.92. The topological polar surface area (TPSA) is 48.4 Å². The summed E-state index contributed by atoms with van der Waals surface area (Å²) >= 11 is 10.8. The van der Waals surface area contributed by atoms with E-state index in [9.17, 15) is 0 Å². The van der Waals surface area contributed by atoms with Crippen molar-refractivity contribution in [2.75, 3.05) is 13.2 Å². The lowest BCUT2D eigenvalue weighted by Crippen LogP contribution is -2.30. The number of aliphatic hydroxyl groups excluding tert-OH is 1. The van der Waals surface area contributed by atoms with E-state index in [0.717, 1.165) is 21.1 Å². The number of pyridine rings is 1. The van der Waals surface area contributed by atoms with Gasteiger partial charge in [0.15, 0.2) is 5.11 Å². The molecule has 2 aromatic heterocycles. The van der Waals surface area contributed by atoms with Crippen LogP contribution in [-0.4, -0.2) is 33.3 Å². The first kappa shape index (κ1) is 15.9. The van der Waals surface area contributed by atoms with Crippen LogP contribution in [0.4, 0.5) is 0 Å². The van der Waals surface area contributed by atoms with Gasteiger partial charge in [0.05, 0.1) is 21.6 Å². The van der Waals surface area contributed by atoms with Gasteiger partial charge in [0.2, 0.25) is 0 Å². The van der Waals surface area contributed by atoms with Crippen molar-refractivity contribution >= 4 is 44.6 Å². The number of rotatable bonds is 5. The number of thiophene rings is 1. The third-order valence-electron chi connectivity index (χ3n) is 3.64. The van der Waals surface area contributed by atoms with Crippen LogP contribution >= 0.6 is 39.5 Å². The molecule has 1 saturated heterocycles. The zero-order valence-electron chi connectivity index (χ0n) is 11.8. The summed E-state index contributed by atoms with van der Waals surface area (Å²) in [6, 6.07) is 10.2. The summed E-state index contributed by atoms with van der Waals surface area (Å²) in [5, 5.41) is 13.3. The van der Waals surface area contributed by atoms with Crippen molar-refractivity contribution in [3.63, 3.8) is 0 Å². The second kappa shape index (κ2) is 7.04. The van der Waals surface area contributed by atoms with Crippen LogP contribution in [0.3, 0.4) is 0 Å². The van der Waals surface area contributed by atoms with E-state index in [2.05, 4.69) is 43.3 Å².